The van der Waals surface area contributed by atoms with Gasteiger partial charge in [0, 0.05) is 19.8 Å². The number of rotatable bonds is 7. The smallest absolute Gasteiger partial charge is 0.269 e. The second-order valence-electron chi connectivity index (χ2n) is 2.69. The molecule has 0 aliphatic carbocycles. The van der Waals surface area contributed by atoms with Crippen molar-refractivity contribution in [2.75, 3.05) is 19.8 Å². The number of hydrogen-bond donors (Lipinski definition) is 1. The van der Waals surface area contributed by atoms with E-state index >= 15 is 0 Å². The maximum absolute atomic E-state index is 5.89. The topological polar surface area (TPSA) is 53.7 Å². The average molecular weight is 207 g/mol. The maximum Gasteiger partial charge on any atom is 0.269 e. The lowest BCUT2D eigenvalue weighted by atomic mass is 10.8. The quantitative estimate of drug-likeness (QED) is 0.491. The minimum Gasteiger partial charge on any atom is -0.347 e. The minimum atomic E-state index is -1.64. The summed E-state index contributed by atoms with van der Waals surface area (Å²) in [4.78, 5) is 0. The summed E-state index contributed by atoms with van der Waals surface area (Å²) in [7, 11) is -1.64. The molecule has 0 spiro atoms. The van der Waals surface area contributed by atoms with Gasteiger partial charge in [0.05, 0.1) is 0 Å². The van der Waals surface area contributed by atoms with Crippen molar-refractivity contribution < 1.29 is 14.2 Å². The third-order valence-electron chi connectivity index (χ3n) is 1.59. The molecule has 4 nitrogen and oxygen atoms in total. The van der Waals surface area contributed by atoms with Crippen molar-refractivity contribution >= 4 is 8.96 Å². The van der Waals surface area contributed by atoms with E-state index in [2.05, 4.69) is 0 Å². The summed E-state index contributed by atoms with van der Waals surface area (Å²) in [6.45, 7) is 9.31. The summed E-state index contributed by atoms with van der Waals surface area (Å²) in [5.41, 5.74) is -0.932. The van der Waals surface area contributed by atoms with Gasteiger partial charge in [0.25, 0.3) is 5.60 Å². The third kappa shape index (κ3) is 3.74. The molecule has 0 aromatic carbocycles. The van der Waals surface area contributed by atoms with Crippen molar-refractivity contribution in [1.29, 1.82) is 0 Å². The van der Waals surface area contributed by atoms with E-state index in [9.17, 15) is 0 Å². The molecule has 5 heteroatoms. The molecule has 0 heterocycles. The predicted molar refractivity (Wildman–Crippen MR) is 54.8 cm³/mol. The fourth-order valence-electron chi connectivity index (χ4n) is 1.12. The molecule has 0 saturated heterocycles. The zero-order valence-electron chi connectivity index (χ0n) is 9.00. The molecule has 1 atom stereocenters. The molecule has 1 unspecified atom stereocenters. The largest absolute Gasteiger partial charge is 0.347 e. The summed E-state index contributed by atoms with van der Waals surface area (Å²) in [6, 6.07) is 0. The average Bonchev–Trinajstić information content (AvgIpc) is 2.05. The van der Waals surface area contributed by atoms with Gasteiger partial charge in [-0.2, -0.15) is 0 Å². The second-order valence-corrected chi connectivity index (χ2v) is 4.98. The first-order chi connectivity index (χ1) is 6.13. The monoisotopic (exact) mass is 207 g/mol. The van der Waals surface area contributed by atoms with Gasteiger partial charge in [0.2, 0.25) is 8.96 Å². The van der Waals surface area contributed by atoms with Crippen LogP contribution in [0.3, 0.4) is 0 Å². The Hall–Kier alpha value is 0.0569. The Kier molecular flexibility index (Phi) is 6.53. The van der Waals surface area contributed by atoms with Crippen molar-refractivity contribution in [1.82, 2.24) is 0 Å². The molecule has 0 rings (SSSR count). The van der Waals surface area contributed by atoms with Gasteiger partial charge in [-0.15, -0.1) is 0 Å². The van der Waals surface area contributed by atoms with Crippen LogP contribution in [0, 0.1) is 0 Å². The number of hydrogen-bond acceptors (Lipinski definition) is 4. The van der Waals surface area contributed by atoms with Crippen LogP contribution in [0.25, 0.3) is 0 Å². The Labute approximate surface area is 82.0 Å². The lowest BCUT2D eigenvalue weighted by Crippen LogP contribution is -2.56. The lowest BCUT2D eigenvalue weighted by molar-refractivity contribution is -0.325. The number of nitrogens with two attached hydrogens (primary N) is 1. The van der Waals surface area contributed by atoms with Gasteiger partial charge in [-0.3, -0.25) is 0 Å². The standard InChI is InChI=1S/C8H21NO3Si/c1-5-10-8(11-6-2,12-7-3)13(4)9/h13H,5-7,9H2,1-4H3. The predicted octanol–water partition coefficient (Wildman–Crippen LogP) is 0.601. The SMILES string of the molecule is CCOC(OCC)(OCC)[SiH](C)N. The van der Waals surface area contributed by atoms with Gasteiger partial charge < -0.3 is 19.6 Å². The first kappa shape index (κ1) is 13.1. The highest BCUT2D eigenvalue weighted by molar-refractivity contribution is 6.56. The van der Waals surface area contributed by atoms with Gasteiger partial charge in [-0.1, -0.05) is 6.55 Å². The van der Waals surface area contributed by atoms with E-state index in [1.54, 1.807) is 0 Å². The van der Waals surface area contributed by atoms with Crippen LogP contribution in [0.4, 0.5) is 0 Å². The molecule has 0 aliphatic rings. The Morgan fingerprint density at radius 1 is 1.00 bits per heavy atom. The highest BCUT2D eigenvalue weighted by atomic mass is 28.3. The van der Waals surface area contributed by atoms with Gasteiger partial charge >= 0.3 is 0 Å². The molecule has 0 aromatic heterocycles. The normalized spacial score (nSPS) is 14.5. The molecule has 80 valence electrons. The van der Waals surface area contributed by atoms with Crippen molar-refractivity contribution in [2.45, 2.75) is 32.9 Å². The van der Waals surface area contributed by atoms with E-state index < -0.39 is 14.6 Å². The number of ether oxygens (including phenoxy) is 3. The van der Waals surface area contributed by atoms with E-state index in [0.717, 1.165) is 0 Å². The summed E-state index contributed by atoms with van der Waals surface area (Å²) in [5.74, 6) is 0. The van der Waals surface area contributed by atoms with Gasteiger partial charge in [0.15, 0.2) is 0 Å². The molecular weight excluding hydrogens is 186 g/mol. The summed E-state index contributed by atoms with van der Waals surface area (Å²) in [5, 5.41) is 5.89. The first-order valence-electron chi connectivity index (χ1n) is 4.80. The molecule has 0 bridgehead atoms. The zero-order valence-corrected chi connectivity index (χ0v) is 10.2. The second kappa shape index (κ2) is 6.50. The molecule has 0 aliphatic heterocycles. The molecule has 0 saturated carbocycles. The van der Waals surface area contributed by atoms with E-state index in [4.69, 9.17) is 19.6 Å². The van der Waals surface area contributed by atoms with Crippen LogP contribution in [0.2, 0.25) is 6.55 Å². The van der Waals surface area contributed by atoms with Gasteiger partial charge in [0.1, 0.15) is 0 Å². The molecule has 0 amide bonds. The summed E-state index contributed by atoms with van der Waals surface area (Å²) >= 11 is 0. The Morgan fingerprint density at radius 2 is 1.31 bits per heavy atom. The highest BCUT2D eigenvalue weighted by Crippen LogP contribution is 2.16. The van der Waals surface area contributed by atoms with E-state index in [-0.39, 0.29) is 0 Å². The fraction of sp³-hybridized carbons (Fsp3) is 1.00. The van der Waals surface area contributed by atoms with Crippen LogP contribution >= 0.6 is 0 Å². The van der Waals surface area contributed by atoms with Crippen LogP contribution in [-0.4, -0.2) is 34.4 Å². The van der Waals surface area contributed by atoms with Crippen LogP contribution in [0.5, 0.6) is 0 Å². The third-order valence-corrected chi connectivity index (χ3v) is 3.21. The Balaban J connectivity index is 4.38. The zero-order chi connectivity index (χ0) is 10.3. The molecule has 0 aromatic rings. The van der Waals surface area contributed by atoms with Crippen molar-refractivity contribution in [2.24, 2.45) is 5.40 Å². The van der Waals surface area contributed by atoms with Crippen molar-refractivity contribution in [3.05, 3.63) is 0 Å². The highest BCUT2D eigenvalue weighted by Gasteiger charge is 2.38. The van der Waals surface area contributed by atoms with Crippen LogP contribution in [-0.2, 0) is 14.2 Å². The lowest BCUT2D eigenvalue weighted by Gasteiger charge is -2.34. The molecule has 0 fully saturated rings. The first-order valence-corrected chi connectivity index (χ1v) is 7.20. The maximum atomic E-state index is 5.89. The minimum absolute atomic E-state index is 0.550. The summed E-state index contributed by atoms with van der Waals surface area (Å²) in [6.07, 6.45) is 0. The Bertz CT molecular complexity index is 116. The fourth-order valence-corrected chi connectivity index (χ4v) is 2.41. The van der Waals surface area contributed by atoms with Crippen LogP contribution < -0.4 is 5.40 Å². The van der Waals surface area contributed by atoms with Gasteiger partial charge in [-0.25, -0.2) is 0 Å². The van der Waals surface area contributed by atoms with E-state index in [0.29, 0.717) is 19.8 Å². The van der Waals surface area contributed by atoms with E-state index in [1.807, 2.05) is 27.3 Å². The van der Waals surface area contributed by atoms with Crippen molar-refractivity contribution in [3.8, 4) is 0 Å². The molecule has 2 N–H and O–H groups in total. The van der Waals surface area contributed by atoms with Crippen molar-refractivity contribution in [3.63, 3.8) is 0 Å². The molecular formula is C8H21NO3Si. The van der Waals surface area contributed by atoms with E-state index in [1.165, 1.54) is 0 Å². The Morgan fingerprint density at radius 3 is 1.46 bits per heavy atom. The van der Waals surface area contributed by atoms with Crippen LogP contribution in [0.1, 0.15) is 20.8 Å². The van der Waals surface area contributed by atoms with Gasteiger partial charge in [-0.05, 0) is 20.8 Å². The molecule has 0 radical (unpaired) electrons. The van der Waals surface area contributed by atoms with Crippen LogP contribution in [0.15, 0.2) is 0 Å². The molecule has 13 heavy (non-hydrogen) atoms. The summed E-state index contributed by atoms with van der Waals surface area (Å²) < 4.78 is 16.4.